The Morgan fingerprint density at radius 1 is 0.421 bits per heavy atom. The minimum Gasteiger partial charge on any atom is -0.378 e. The molecule has 0 unspecified atom stereocenters. The third-order valence-corrected chi connectivity index (χ3v) is 18.5. The van der Waals surface area contributed by atoms with Crippen molar-refractivity contribution in [3.8, 4) is 47.4 Å². The second-order valence-electron chi connectivity index (χ2n) is 25.4. The Labute approximate surface area is 577 Å². The lowest BCUT2D eigenvalue weighted by molar-refractivity contribution is 0.0510. The first kappa shape index (κ1) is 72.9. The number of hydrogen-bond acceptors (Lipinski definition) is 8. The van der Waals surface area contributed by atoms with Crippen molar-refractivity contribution >= 4 is 64.1 Å². The van der Waals surface area contributed by atoms with Gasteiger partial charge in [0.1, 0.15) is 28.2 Å². The average Bonchev–Trinajstić information content (AvgIpc) is 0.816. The van der Waals surface area contributed by atoms with E-state index in [1.54, 1.807) is 66.7 Å². The van der Waals surface area contributed by atoms with Crippen molar-refractivity contribution < 1.29 is 39.2 Å². The van der Waals surface area contributed by atoms with E-state index in [0.29, 0.717) is 94.6 Å². The molecule has 4 saturated carbocycles. The highest BCUT2D eigenvalue weighted by molar-refractivity contribution is 6.31. The molecule has 4 fully saturated rings. The number of halogens is 5. The largest absolute Gasteiger partial charge is 0.378 e. The van der Waals surface area contributed by atoms with E-state index >= 15 is 0 Å². The van der Waals surface area contributed by atoms with E-state index in [0.717, 1.165) is 77.5 Å². The lowest BCUT2D eigenvalue weighted by Gasteiger charge is -2.34. The fraction of sp³-hybridized carbons (Fsp3) is 0.329. The predicted octanol–water partition coefficient (Wildman–Crippen LogP) is 14.7. The molecule has 0 aromatic heterocycles. The third-order valence-electron chi connectivity index (χ3n) is 17.6. The van der Waals surface area contributed by atoms with Crippen molar-refractivity contribution in [2.45, 2.75) is 163 Å². The number of hydrogen-bond donors (Lipinski definition) is 8. The van der Waals surface area contributed by atoms with Crippen LogP contribution in [0.25, 0.3) is 0 Å². The maximum atomic E-state index is 14.4. The van der Waals surface area contributed by atoms with Gasteiger partial charge >= 0.3 is 0 Å². The molecule has 8 atom stereocenters. The zero-order valence-electron chi connectivity index (χ0n) is 53.3. The second-order valence-corrected chi connectivity index (χ2v) is 27.1. The molecule has 16 heteroatoms. The number of rotatable bonds is 6. The molecule has 0 bridgehead atoms. The van der Waals surface area contributed by atoms with Gasteiger partial charge in [0.05, 0.1) is 0 Å². The summed E-state index contributed by atoms with van der Waals surface area (Å²) in [5, 5.41) is 45.7. The van der Waals surface area contributed by atoms with Gasteiger partial charge in [0.15, 0.2) is 0 Å². The van der Waals surface area contributed by atoms with Crippen LogP contribution in [0.3, 0.4) is 0 Å². The van der Waals surface area contributed by atoms with Gasteiger partial charge in [0.2, 0.25) is 17.7 Å². The minimum atomic E-state index is -1.25. The summed E-state index contributed by atoms with van der Waals surface area (Å²) < 4.78 is 14.4. The molecule has 11 nitrogen and oxygen atoms in total. The molecular formula is C79H79Cl4FN4O7. The van der Waals surface area contributed by atoms with Gasteiger partial charge in [-0.05, 0) is 236 Å². The van der Waals surface area contributed by atoms with Gasteiger partial charge in [-0.3, -0.25) is 14.4 Å². The smallest absolute Gasteiger partial charge is 0.249 e. The Kier molecular flexibility index (Phi) is 25.4. The van der Waals surface area contributed by atoms with Crippen molar-refractivity contribution in [1.82, 2.24) is 0 Å². The van der Waals surface area contributed by atoms with Crippen LogP contribution in [0.15, 0.2) is 152 Å². The van der Waals surface area contributed by atoms with Gasteiger partial charge in [-0.15, -0.1) is 0 Å². The first-order chi connectivity index (χ1) is 45.2. The minimum absolute atomic E-state index is 0.0578. The molecule has 3 amide bonds. The van der Waals surface area contributed by atoms with E-state index in [9.17, 15) is 39.2 Å². The van der Waals surface area contributed by atoms with Crippen LogP contribution in [0.1, 0.15) is 202 Å². The molecule has 0 spiro atoms. The summed E-state index contributed by atoms with van der Waals surface area (Å²) in [5.74, 6) is 21.7. The van der Waals surface area contributed by atoms with Crippen LogP contribution in [0, 0.1) is 67.0 Å². The Bertz CT molecular complexity index is 4060. The van der Waals surface area contributed by atoms with Crippen molar-refractivity contribution in [2.24, 2.45) is 22.9 Å². The maximum Gasteiger partial charge on any atom is 0.249 e. The number of carbonyl (C=O) groups is 3. The fourth-order valence-electron chi connectivity index (χ4n) is 13.0. The van der Waals surface area contributed by atoms with Crippen molar-refractivity contribution in [2.75, 3.05) is 0 Å². The summed E-state index contributed by atoms with van der Waals surface area (Å²) in [6.45, 7) is 3.98. The van der Waals surface area contributed by atoms with Crippen LogP contribution < -0.4 is 22.9 Å². The number of aryl methyl sites for hydroxylation is 2. The normalized spacial score (nSPS) is 23.4. The van der Waals surface area contributed by atoms with Crippen molar-refractivity contribution in [3.05, 3.63) is 244 Å². The summed E-state index contributed by atoms with van der Waals surface area (Å²) >= 11 is 23.8. The van der Waals surface area contributed by atoms with Gasteiger partial charge in [-0.25, -0.2) is 4.39 Å². The maximum absolute atomic E-state index is 14.4. The van der Waals surface area contributed by atoms with Crippen LogP contribution >= 0.6 is 46.4 Å². The predicted molar refractivity (Wildman–Crippen MR) is 378 cm³/mol. The summed E-state index contributed by atoms with van der Waals surface area (Å²) in [6, 6.07) is 44.6. The van der Waals surface area contributed by atoms with E-state index in [2.05, 4.69) is 47.4 Å². The fourth-order valence-corrected chi connectivity index (χ4v) is 13.7. The van der Waals surface area contributed by atoms with E-state index in [1.165, 1.54) is 18.2 Å². The molecule has 0 radical (unpaired) electrons. The second kappa shape index (κ2) is 33.2. The van der Waals surface area contributed by atoms with E-state index < -0.39 is 45.9 Å². The van der Waals surface area contributed by atoms with Crippen LogP contribution in [0.4, 0.5) is 4.39 Å². The van der Waals surface area contributed by atoms with E-state index in [-0.39, 0.29) is 41.3 Å². The summed E-state index contributed by atoms with van der Waals surface area (Å²) in [5.41, 5.74) is 26.6. The number of carbonyl (C=O) groups excluding carboxylic acids is 3. The highest BCUT2D eigenvalue weighted by Crippen LogP contribution is 2.43. The molecule has 95 heavy (non-hydrogen) atoms. The molecular weight excluding hydrogens is 1280 g/mol. The standard InChI is InChI=1S/2C22H22ClNO2.C21H19ClFNO2.C14H16ClNO/c2*1-15-7-8-19(21(24)25)20(12-15)17-5-3-10-22(26,14-17)11-9-16-4-2-6-18(23)13-16;22-16-6-1-4-14(12-16)9-11-21(26)10-3-5-15(13-21)19-17(20(24)25)7-2-8-18(19)23;15-12-4-1-3-11(9-12)6-8-14(17)7-2-5-13(16)10-14/h2*2,4,6-8,12-13,17,26H,3,5,10,14H2,1H3,(H2,24,25);1-2,4,6-8,12,15,26H,3,5,10,13H2,(H2,24,25);1,3-4,9,13,17H,2,5,7,10,16H2/t2*17-,22+;15-,21+;13-,14+/m0000/s1. The van der Waals surface area contributed by atoms with Gasteiger partial charge in [0.25, 0.3) is 0 Å². The Hall–Kier alpha value is -7.92. The lowest BCUT2D eigenvalue weighted by atomic mass is 9.74. The third kappa shape index (κ3) is 21.5. The van der Waals surface area contributed by atoms with Gasteiger partial charge in [0, 0.05) is 77.1 Å². The van der Waals surface area contributed by atoms with Crippen LogP contribution in [0.5, 0.6) is 0 Å². The van der Waals surface area contributed by atoms with Crippen molar-refractivity contribution in [3.63, 3.8) is 0 Å². The molecule has 7 aromatic carbocycles. The first-order valence-corrected chi connectivity index (χ1v) is 33.4. The van der Waals surface area contributed by atoms with Crippen LogP contribution in [-0.4, -0.2) is 66.6 Å². The van der Waals surface area contributed by atoms with Crippen LogP contribution in [-0.2, 0) is 0 Å². The van der Waals surface area contributed by atoms with E-state index in [1.807, 2.05) is 80.6 Å². The Balaban J connectivity index is 0.000000164. The summed E-state index contributed by atoms with van der Waals surface area (Å²) in [7, 11) is 0. The molecule has 0 heterocycles. The SMILES string of the molecule is Cc1ccc(C(N)=O)c([C@H]2CCC[C@@](O)(C#Cc3cccc(Cl)c3)C2)c1.Cc1ccc(C(N)=O)c([C@H]2CCC[C@@](O)(C#Cc3cccc(Cl)c3)C2)c1.NC(=O)c1cccc(F)c1[C@H]1CCC[C@@](O)(C#Cc2cccc(Cl)c2)C1.N[C@H]1CCC[C@@](O)(C#Cc2cccc(Cl)c2)C1. The molecule has 4 aliphatic rings. The van der Waals surface area contributed by atoms with Gasteiger partial charge < -0.3 is 43.4 Å². The highest BCUT2D eigenvalue weighted by Gasteiger charge is 2.38. The number of benzene rings is 7. The lowest BCUT2D eigenvalue weighted by Crippen LogP contribution is -2.40. The van der Waals surface area contributed by atoms with Gasteiger partial charge in [-0.2, -0.15) is 0 Å². The number of primary amides is 3. The first-order valence-electron chi connectivity index (χ1n) is 31.9. The van der Waals surface area contributed by atoms with Crippen LogP contribution in [0.2, 0.25) is 20.1 Å². The zero-order chi connectivity index (χ0) is 68.5. The topological polar surface area (TPSA) is 236 Å². The average molecular weight is 1360 g/mol. The summed E-state index contributed by atoms with van der Waals surface area (Å²) in [4.78, 5) is 35.3. The molecule has 4 aliphatic carbocycles. The zero-order valence-corrected chi connectivity index (χ0v) is 56.3. The monoisotopic (exact) mass is 1350 g/mol. The Morgan fingerprint density at radius 2 is 0.737 bits per heavy atom. The molecule has 11 rings (SSSR count). The van der Waals surface area contributed by atoms with Gasteiger partial charge in [-0.1, -0.05) is 159 Å². The highest BCUT2D eigenvalue weighted by atomic mass is 35.5. The molecule has 0 aliphatic heterocycles. The Morgan fingerprint density at radius 3 is 1.07 bits per heavy atom. The number of nitrogens with two attached hydrogens (primary N) is 4. The number of aliphatic hydroxyl groups is 4. The quantitative estimate of drug-likeness (QED) is 0.0744. The molecule has 7 aromatic rings. The number of amides is 3. The molecule has 0 saturated heterocycles. The molecule has 12 N–H and O–H groups in total. The van der Waals surface area contributed by atoms with Crippen molar-refractivity contribution in [1.29, 1.82) is 0 Å². The molecule has 492 valence electrons. The van der Waals surface area contributed by atoms with E-state index in [4.69, 9.17) is 69.3 Å². The summed E-state index contributed by atoms with van der Waals surface area (Å²) in [6.07, 6.45) is 11.0.